The fourth-order valence-electron chi connectivity index (χ4n) is 3.75. The number of fused-ring (bicyclic) bond motifs is 1. The van der Waals surface area contributed by atoms with Crippen molar-refractivity contribution in [1.29, 1.82) is 0 Å². The number of likely N-dealkylation sites (tertiary alicyclic amines) is 1. The van der Waals surface area contributed by atoms with Crippen LogP contribution in [0.2, 0.25) is 0 Å². The van der Waals surface area contributed by atoms with Gasteiger partial charge in [-0.3, -0.25) is 4.79 Å². The maximum atomic E-state index is 14.0. The molecule has 0 bridgehead atoms. The fraction of sp³-hybridized carbons (Fsp3) is 0.632. The van der Waals surface area contributed by atoms with Gasteiger partial charge in [0.1, 0.15) is 5.82 Å². The molecule has 2 saturated heterocycles. The predicted molar refractivity (Wildman–Crippen MR) is 100 cm³/mol. The van der Waals surface area contributed by atoms with Crippen LogP contribution in [0, 0.1) is 17.7 Å². The van der Waals surface area contributed by atoms with E-state index in [0.717, 1.165) is 39.0 Å². The second-order valence-corrected chi connectivity index (χ2v) is 6.90. The van der Waals surface area contributed by atoms with Crippen LogP contribution >= 0.6 is 12.4 Å². The van der Waals surface area contributed by atoms with Gasteiger partial charge in [0.25, 0.3) is 5.91 Å². The molecule has 0 unspecified atom stereocenters. The molecule has 2 atom stereocenters. The number of ether oxygens (including phenoxy) is 2. The summed E-state index contributed by atoms with van der Waals surface area (Å²) in [6.07, 6.45) is 2.08. The maximum Gasteiger partial charge on any atom is 0.253 e. The van der Waals surface area contributed by atoms with E-state index >= 15 is 0 Å². The van der Waals surface area contributed by atoms with Crippen LogP contribution in [0.3, 0.4) is 0 Å². The molecule has 2 fully saturated rings. The summed E-state index contributed by atoms with van der Waals surface area (Å²) in [7, 11) is 1.59. The highest BCUT2D eigenvalue weighted by molar-refractivity contribution is 5.94. The van der Waals surface area contributed by atoms with Crippen molar-refractivity contribution in [1.82, 2.24) is 10.2 Å². The van der Waals surface area contributed by atoms with Crippen LogP contribution in [0.5, 0.6) is 0 Å². The quantitative estimate of drug-likeness (QED) is 0.763. The zero-order valence-corrected chi connectivity index (χ0v) is 16.0. The molecular weight excluding hydrogens is 359 g/mol. The van der Waals surface area contributed by atoms with E-state index in [1.54, 1.807) is 19.2 Å². The van der Waals surface area contributed by atoms with E-state index in [2.05, 4.69) is 5.32 Å². The van der Waals surface area contributed by atoms with Crippen molar-refractivity contribution >= 4 is 18.3 Å². The van der Waals surface area contributed by atoms with E-state index in [0.29, 0.717) is 36.2 Å². The summed E-state index contributed by atoms with van der Waals surface area (Å²) in [4.78, 5) is 14.8. The molecule has 0 aromatic heterocycles. The van der Waals surface area contributed by atoms with Gasteiger partial charge < -0.3 is 19.7 Å². The van der Waals surface area contributed by atoms with E-state index in [9.17, 15) is 9.18 Å². The predicted octanol–water partition coefficient (Wildman–Crippen LogP) is 2.48. The summed E-state index contributed by atoms with van der Waals surface area (Å²) in [5.41, 5.74) is 0.953. The SMILES string of the molecule is COCCOCc1cc(C(=O)N2CC[C@@H]3CNC[C@@H]3CC2)ccc1F.Cl. The van der Waals surface area contributed by atoms with Crippen molar-refractivity contribution in [2.75, 3.05) is 46.5 Å². The van der Waals surface area contributed by atoms with Crippen molar-refractivity contribution < 1.29 is 18.7 Å². The van der Waals surface area contributed by atoms with Gasteiger partial charge in [0.2, 0.25) is 0 Å². The second kappa shape index (κ2) is 10.2. The molecule has 1 N–H and O–H groups in total. The summed E-state index contributed by atoms with van der Waals surface area (Å²) in [6.45, 7) is 4.68. The van der Waals surface area contributed by atoms with Gasteiger partial charge in [-0.2, -0.15) is 0 Å². The van der Waals surface area contributed by atoms with Gasteiger partial charge in [0, 0.05) is 31.3 Å². The highest BCUT2D eigenvalue weighted by Gasteiger charge is 2.31. The lowest BCUT2D eigenvalue weighted by molar-refractivity contribution is 0.0603. The highest BCUT2D eigenvalue weighted by Crippen LogP contribution is 2.27. The Labute approximate surface area is 160 Å². The Morgan fingerprint density at radius 3 is 2.58 bits per heavy atom. The molecule has 0 spiro atoms. The van der Waals surface area contributed by atoms with Crippen LogP contribution in [-0.2, 0) is 16.1 Å². The molecule has 0 saturated carbocycles. The first kappa shape index (κ1) is 21.1. The number of nitrogens with one attached hydrogen (secondary N) is 1. The van der Waals surface area contributed by atoms with Gasteiger partial charge in [-0.1, -0.05) is 0 Å². The summed E-state index contributed by atoms with van der Waals surface area (Å²) in [6, 6.07) is 4.56. The van der Waals surface area contributed by atoms with Crippen LogP contribution in [-0.4, -0.2) is 57.3 Å². The third-order valence-corrected chi connectivity index (χ3v) is 5.29. The maximum absolute atomic E-state index is 14.0. The number of benzene rings is 1. The van der Waals surface area contributed by atoms with E-state index in [-0.39, 0.29) is 30.7 Å². The third kappa shape index (κ3) is 5.16. The van der Waals surface area contributed by atoms with E-state index in [1.807, 2.05) is 4.90 Å². The first-order valence-corrected chi connectivity index (χ1v) is 9.04. The Balaban J connectivity index is 0.00000243. The van der Waals surface area contributed by atoms with Gasteiger partial charge >= 0.3 is 0 Å². The average Bonchev–Trinajstić information content (AvgIpc) is 2.98. The number of nitrogens with zero attached hydrogens (tertiary/aromatic N) is 1. The Hall–Kier alpha value is -1.21. The van der Waals surface area contributed by atoms with Crippen LogP contribution in [0.25, 0.3) is 0 Å². The fourth-order valence-corrected chi connectivity index (χ4v) is 3.75. The van der Waals surface area contributed by atoms with E-state index in [1.165, 1.54) is 6.07 Å². The number of carbonyl (C=O) groups is 1. The number of amides is 1. The zero-order valence-electron chi connectivity index (χ0n) is 15.2. The summed E-state index contributed by atoms with van der Waals surface area (Å²) < 4.78 is 24.3. The largest absolute Gasteiger partial charge is 0.382 e. The van der Waals surface area contributed by atoms with Crippen molar-refractivity contribution in [3.05, 3.63) is 35.1 Å². The summed E-state index contributed by atoms with van der Waals surface area (Å²) >= 11 is 0. The minimum atomic E-state index is -0.342. The standard InChI is InChI=1S/C19H27FN2O3.ClH/c1-24-8-9-25-13-17-10-14(2-3-18(17)20)19(23)22-6-4-15-11-21-12-16(15)5-7-22;/h2-3,10,15-16,21H,4-9,11-13H2,1H3;1H/t15-,16+;. The van der Waals surface area contributed by atoms with Crippen LogP contribution in [0.15, 0.2) is 18.2 Å². The Kier molecular flexibility index (Phi) is 8.28. The lowest BCUT2D eigenvalue weighted by Crippen LogP contribution is -2.32. The Morgan fingerprint density at radius 1 is 1.23 bits per heavy atom. The first-order valence-electron chi connectivity index (χ1n) is 9.04. The summed E-state index contributed by atoms with van der Waals surface area (Å²) in [5.74, 6) is 1.00. The molecule has 2 aliphatic rings. The van der Waals surface area contributed by atoms with Crippen molar-refractivity contribution in [3.63, 3.8) is 0 Å². The zero-order chi connectivity index (χ0) is 17.6. The molecular formula is C19H28ClFN2O3. The third-order valence-electron chi connectivity index (χ3n) is 5.29. The molecule has 26 heavy (non-hydrogen) atoms. The first-order chi connectivity index (χ1) is 12.2. The van der Waals surface area contributed by atoms with Crippen LogP contribution in [0.1, 0.15) is 28.8 Å². The summed E-state index contributed by atoms with van der Waals surface area (Å²) in [5, 5.41) is 3.44. The molecule has 2 heterocycles. The minimum Gasteiger partial charge on any atom is -0.382 e. The lowest BCUT2D eigenvalue weighted by Gasteiger charge is -2.21. The number of hydrogen-bond donors (Lipinski definition) is 1. The van der Waals surface area contributed by atoms with Gasteiger partial charge in [0.05, 0.1) is 19.8 Å². The van der Waals surface area contributed by atoms with Gasteiger partial charge in [-0.25, -0.2) is 4.39 Å². The molecule has 7 heteroatoms. The molecule has 146 valence electrons. The minimum absolute atomic E-state index is 0. The normalized spacial score (nSPS) is 22.5. The number of halogens is 2. The topological polar surface area (TPSA) is 50.8 Å². The molecule has 2 aliphatic heterocycles. The van der Waals surface area contributed by atoms with E-state index in [4.69, 9.17) is 9.47 Å². The Morgan fingerprint density at radius 2 is 1.92 bits per heavy atom. The van der Waals surface area contributed by atoms with Crippen molar-refractivity contribution in [3.8, 4) is 0 Å². The van der Waals surface area contributed by atoms with Crippen LogP contribution < -0.4 is 5.32 Å². The monoisotopic (exact) mass is 386 g/mol. The molecule has 5 nitrogen and oxygen atoms in total. The molecule has 3 rings (SSSR count). The van der Waals surface area contributed by atoms with Crippen molar-refractivity contribution in [2.45, 2.75) is 19.4 Å². The number of hydrogen-bond acceptors (Lipinski definition) is 4. The smallest absolute Gasteiger partial charge is 0.253 e. The number of methoxy groups -OCH3 is 1. The Bertz CT molecular complexity index is 588. The van der Waals surface area contributed by atoms with E-state index < -0.39 is 0 Å². The van der Waals surface area contributed by atoms with Gasteiger partial charge in [0.15, 0.2) is 0 Å². The highest BCUT2D eigenvalue weighted by atomic mass is 35.5. The van der Waals surface area contributed by atoms with Gasteiger partial charge in [-0.05, 0) is 56.0 Å². The molecule has 0 aliphatic carbocycles. The van der Waals surface area contributed by atoms with Gasteiger partial charge in [-0.15, -0.1) is 12.4 Å². The second-order valence-electron chi connectivity index (χ2n) is 6.90. The molecule has 1 aromatic carbocycles. The lowest BCUT2D eigenvalue weighted by atomic mass is 9.92. The number of rotatable bonds is 6. The van der Waals surface area contributed by atoms with Crippen LogP contribution in [0.4, 0.5) is 4.39 Å². The average molecular weight is 387 g/mol. The van der Waals surface area contributed by atoms with Crippen molar-refractivity contribution in [2.24, 2.45) is 11.8 Å². The molecule has 1 amide bonds. The molecule has 0 radical (unpaired) electrons. The molecule has 1 aromatic rings. The number of carbonyl (C=O) groups excluding carboxylic acids is 1.